The van der Waals surface area contributed by atoms with Crippen LogP contribution in [0.4, 0.5) is 0 Å². The van der Waals surface area contributed by atoms with Crippen molar-refractivity contribution in [1.82, 2.24) is 4.90 Å². The second kappa shape index (κ2) is 6.68. The van der Waals surface area contributed by atoms with E-state index in [-0.39, 0.29) is 25.0 Å². The van der Waals surface area contributed by atoms with Gasteiger partial charge in [0.25, 0.3) is 0 Å². The highest BCUT2D eigenvalue weighted by Crippen LogP contribution is 2.35. The van der Waals surface area contributed by atoms with Gasteiger partial charge in [-0.1, -0.05) is 24.3 Å². The van der Waals surface area contributed by atoms with Gasteiger partial charge in [0.05, 0.1) is 13.2 Å². The van der Waals surface area contributed by atoms with Crippen LogP contribution >= 0.6 is 0 Å². The number of carbonyl (C=O) groups is 1. The predicted octanol–water partition coefficient (Wildman–Crippen LogP) is 0.920. The molecule has 1 aromatic rings. The lowest BCUT2D eigenvalue weighted by Gasteiger charge is -2.22. The van der Waals surface area contributed by atoms with Crippen LogP contribution in [0.25, 0.3) is 0 Å². The molecule has 0 bridgehead atoms. The molecule has 0 heterocycles. The van der Waals surface area contributed by atoms with E-state index in [1.807, 2.05) is 12.1 Å². The molecule has 0 aromatic heterocycles. The van der Waals surface area contributed by atoms with Gasteiger partial charge in [-0.2, -0.15) is 0 Å². The number of hydrogen-bond acceptors (Lipinski definition) is 3. The van der Waals surface area contributed by atoms with Gasteiger partial charge in [-0.3, -0.25) is 4.79 Å². The topological polar surface area (TPSA) is 60.8 Å². The standard InChI is InChI=1S/C15H21NO3/c17-9-7-16(8-10-18)15(19)11-13-6-5-12-3-1-2-4-14(12)13/h1-4,13,17-18H,5-11H2/t13-/m1/s1. The summed E-state index contributed by atoms with van der Waals surface area (Å²) in [6.45, 7) is 0.474. The van der Waals surface area contributed by atoms with Gasteiger partial charge in [0, 0.05) is 19.5 Å². The summed E-state index contributed by atoms with van der Waals surface area (Å²) in [6, 6.07) is 8.27. The summed E-state index contributed by atoms with van der Waals surface area (Å²) in [5.41, 5.74) is 2.62. The monoisotopic (exact) mass is 263 g/mol. The Bertz CT molecular complexity index is 427. The fourth-order valence-electron chi connectivity index (χ4n) is 2.80. The smallest absolute Gasteiger partial charge is 0.223 e. The van der Waals surface area contributed by atoms with E-state index in [4.69, 9.17) is 10.2 Å². The molecule has 2 N–H and O–H groups in total. The molecule has 2 rings (SSSR count). The summed E-state index contributed by atoms with van der Waals surface area (Å²) in [5.74, 6) is 0.299. The van der Waals surface area contributed by atoms with Crippen molar-refractivity contribution in [1.29, 1.82) is 0 Å². The van der Waals surface area contributed by atoms with Crippen molar-refractivity contribution in [3.05, 3.63) is 35.4 Å². The first-order valence-electron chi connectivity index (χ1n) is 6.83. The summed E-state index contributed by atoms with van der Waals surface area (Å²) in [7, 11) is 0. The molecule has 1 aliphatic carbocycles. The first kappa shape index (κ1) is 14.0. The normalized spacial score (nSPS) is 17.3. The zero-order valence-electron chi connectivity index (χ0n) is 11.1. The van der Waals surface area contributed by atoms with E-state index in [9.17, 15) is 4.79 Å². The maximum Gasteiger partial charge on any atom is 0.223 e. The molecule has 0 fully saturated rings. The van der Waals surface area contributed by atoms with E-state index in [2.05, 4.69) is 12.1 Å². The van der Waals surface area contributed by atoms with Crippen molar-refractivity contribution in [2.75, 3.05) is 26.3 Å². The Morgan fingerprint density at radius 1 is 1.21 bits per heavy atom. The highest BCUT2D eigenvalue weighted by molar-refractivity contribution is 5.77. The number of amides is 1. The number of rotatable bonds is 6. The molecular weight excluding hydrogens is 242 g/mol. The fraction of sp³-hybridized carbons (Fsp3) is 0.533. The van der Waals surface area contributed by atoms with Gasteiger partial charge in [0.15, 0.2) is 0 Å². The molecule has 1 aliphatic rings. The van der Waals surface area contributed by atoms with Crippen molar-refractivity contribution in [2.45, 2.75) is 25.2 Å². The first-order valence-corrected chi connectivity index (χ1v) is 6.83. The van der Waals surface area contributed by atoms with Crippen molar-refractivity contribution < 1.29 is 15.0 Å². The van der Waals surface area contributed by atoms with Crippen molar-refractivity contribution >= 4 is 5.91 Å². The number of aliphatic hydroxyl groups excluding tert-OH is 2. The third-order valence-corrected chi connectivity index (χ3v) is 3.77. The Morgan fingerprint density at radius 2 is 1.89 bits per heavy atom. The van der Waals surface area contributed by atoms with E-state index in [0.29, 0.717) is 19.5 Å². The van der Waals surface area contributed by atoms with Crippen LogP contribution in [0.3, 0.4) is 0 Å². The van der Waals surface area contributed by atoms with E-state index in [1.54, 1.807) is 4.90 Å². The van der Waals surface area contributed by atoms with Crippen molar-refractivity contribution in [3.63, 3.8) is 0 Å². The van der Waals surface area contributed by atoms with Gasteiger partial charge in [0.2, 0.25) is 5.91 Å². The molecule has 1 aromatic carbocycles. The molecule has 104 valence electrons. The largest absolute Gasteiger partial charge is 0.395 e. The molecule has 0 saturated heterocycles. The van der Waals surface area contributed by atoms with Crippen LogP contribution in [0.2, 0.25) is 0 Å². The molecular formula is C15H21NO3. The SMILES string of the molecule is O=C(C[C@H]1CCc2ccccc21)N(CCO)CCO. The molecule has 0 radical (unpaired) electrons. The van der Waals surface area contributed by atoms with Gasteiger partial charge in [-0.25, -0.2) is 0 Å². The first-order chi connectivity index (χ1) is 9.26. The number of fused-ring (bicyclic) bond motifs is 1. The molecule has 1 amide bonds. The Kier molecular flexibility index (Phi) is 4.93. The maximum absolute atomic E-state index is 12.2. The van der Waals surface area contributed by atoms with Gasteiger partial charge in [0.1, 0.15) is 0 Å². The van der Waals surface area contributed by atoms with Crippen LogP contribution in [0.5, 0.6) is 0 Å². The number of aliphatic hydroxyl groups is 2. The van der Waals surface area contributed by atoms with Crippen LogP contribution < -0.4 is 0 Å². The Hall–Kier alpha value is -1.39. The molecule has 4 heteroatoms. The van der Waals surface area contributed by atoms with Crippen LogP contribution in [0, 0.1) is 0 Å². The second-order valence-electron chi connectivity index (χ2n) is 4.97. The van der Waals surface area contributed by atoms with Crippen LogP contribution in [-0.4, -0.2) is 47.3 Å². The Labute approximate surface area is 113 Å². The van der Waals surface area contributed by atoms with Crippen molar-refractivity contribution in [2.24, 2.45) is 0 Å². The zero-order chi connectivity index (χ0) is 13.7. The van der Waals surface area contributed by atoms with Gasteiger partial charge >= 0.3 is 0 Å². The lowest BCUT2D eigenvalue weighted by atomic mass is 9.97. The van der Waals surface area contributed by atoms with E-state index in [0.717, 1.165) is 12.8 Å². The van der Waals surface area contributed by atoms with E-state index in [1.165, 1.54) is 11.1 Å². The third-order valence-electron chi connectivity index (χ3n) is 3.77. The quantitative estimate of drug-likeness (QED) is 0.802. The summed E-state index contributed by atoms with van der Waals surface area (Å²) in [4.78, 5) is 13.7. The molecule has 0 saturated carbocycles. The minimum Gasteiger partial charge on any atom is -0.395 e. The van der Waals surface area contributed by atoms with Gasteiger partial charge in [-0.05, 0) is 29.9 Å². The highest BCUT2D eigenvalue weighted by atomic mass is 16.3. The van der Waals surface area contributed by atoms with Crippen LogP contribution in [0.1, 0.15) is 29.9 Å². The summed E-state index contributed by atoms with van der Waals surface area (Å²) >= 11 is 0. The second-order valence-corrected chi connectivity index (χ2v) is 4.97. The lowest BCUT2D eigenvalue weighted by molar-refractivity contribution is -0.132. The van der Waals surface area contributed by atoms with Crippen LogP contribution in [-0.2, 0) is 11.2 Å². The summed E-state index contributed by atoms with van der Waals surface area (Å²) < 4.78 is 0. The highest BCUT2D eigenvalue weighted by Gasteiger charge is 2.26. The van der Waals surface area contributed by atoms with Crippen LogP contribution in [0.15, 0.2) is 24.3 Å². The fourth-order valence-corrected chi connectivity index (χ4v) is 2.80. The summed E-state index contributed by atoms with van der Waals surface area (Å²) in [6.07, 6.45) is 2.52. The van der Waals surface area contributed by atoms with Crippen molar-refractivity contribution in [3.8, 4) is 0 Å². The number of hydrogen-bond donors (Lipinski definition) is 2. The Balaban J connectivity index is 1.99. The molecule has 0 aliphatic heterocycles. The average molecular weight is 263 g/mol. The molecule has 4 nitrogen and oxygen atoms in total. The van der Waals surface area contributed by atoms with Gasteiger partial charge in [-0.15, -0.1) is 0 Å². The number of nitrogens with zero attached hydrogens (tertiary/aromatic N) is 1. The third kappa shape index (κ3) is 3.33. The molecule has 19 heavy (non-hydrogen) atoms. The zero-order valence-corrected chi connectivity index (χ0v) is 11.1. The Morgan fingerprint density at radius 3 is 2.58 bits per heavy atom. The number of aryl methyl sites for hydroxylation is 1. The minimum atomic E-state index is -0.0625. The summed E-state index contributed by atoms with van der Waals surface area (Å²) in [5, 5.41) is 17.9. The average Bonchev–Trinajstić information content (AvgIpc) is 2.82. The lowest BCUT2D eigenvalue weighted by Crippen LogP contribution is -2.36. The molecule has 0 unspecified atom stereocenters. The molecule has 0 spiro atoms. The van der Waals surface area contributed by atoms with E-state index >= 15 is 0 Å². The number of carbonyl (C=O) groups excluding carboxylic acids is 1. The van der Waals surface area contributed by atoms with E-state index < -0.39 is 0 Å². The maximum atomic E-state index is 12.2. The predicted molar refractivity (Wildman–Crippen MR) is 72.9 cm³/mol. The minimum absolute atomic E-state index is 0.0183. The number of benzene rings is 1. The molecule has 1 atom stereocenters. The van der Waals surface area contributed by atoms with Gasteiger partial charge < -0.3 is 15.1 Å².